The molecule has 0 bridgehead atoms. The second kappa shape index (κ2) is 4.42. The van der Waals surface area contributed by atoms with Crippen molar-refractivity contribution < 1.29 is 0 Å². The van der Waals surface area contributed by atoms with E-state index in [2.05, 4.69) is 17.2 Å². The molecule has 0 fully saturated rings. The predicted molar refractivity (Wildman–Crippen MR) is 27.1 cm³/mol. The van der Waals surface area contributed by atoms with Gasteiger partial charge in [-0.05, 0) is 0 Å². The second-order valence-electron chi connectivity index (χ2n) is 0.500. The SMILES string of the molecule is N[C](N)N.[GeH4]. The van der Waals surface area contributed by atoms with Crippen LogP contribution in [0.15, 0.2) is 0 Å². The van der Waals surface area contributed by atoms with Crippen LogP contribution in [0.2, 0.25) is 0 Å². The van der Waals surface area contributed by atoms with Gasteiger partial charge in [0, 0.05) is 0 Å². The van der Waals surface area contributed by atoms with Crippen molar-refractivity contribution in [1.82, 2.24) is 0 Å². The minimum absolute atomic E-state index is 0. The van der Waals surface area contributed by atoms with Crippen LogP contribution < -0.4 is 17.2 Å². The molecule has 6 N–H and O–H groups in total. The fourth-order valence-corrected chi connectivity index (χ4v) is 0. The summed E-state index contributed by atoms with van der Waals surface area (Å²) < 4.78 is 0. The monoisotopic (exact) mass is 138 g/mol. The molecule has 0 amide bonds. The zero-order valence-electron chi connectivity index (χ0n) is 2.23. The molecule has 0 saturated carbocycles. The Labute approximate surface area is 41.9 Å². The van der Waals surface area contributed by atoms with E-state index in [0.717, 1.165) is 0 Å². The van der Waals surface area contributed by atoms with Crippen LogP contribution in [-0.2, 0) is 0 Å². The van der Waals surface area contributed by atoms with Gasteiger partial charge in [-0.2, -0.15) is 0 Å². The summed E-state index contributed by atoms with van der Waals surface area (Å²) in [7, 11) is 0. The molecule has 5 heavy (non-hydrogen) atoms. The molecule has 0 aromatic heterocycles. The molecule has 3 nitrogen and oxygen atoms in total. The number of rotatable bonds is 0. The first kappa shape index (κ1) is 9.05. The summed E-state index contributed by atoms with van der Waals surface area (Å²) >= 11 is 0. The van der Waals surface area contributed by atoms with Crippen LogP contribution in [0.1, 0.15) is 0 Å². The summed E-state index contributed by atoms with van der Waals surface area (Å²) in [6.07, 6.45) is -0.0833. The van der Waals surface area contributed by atoms with Crippen molar-refractivity contribution >= 4 is 17.6 Å². The molecule has 0 spiro atoms. The topological polar surface area (TPSA) is 78.1 Å². The molecule has 0 rings (SSSR count). The quantitative estimate of drug-likeness (QED) is 0.308. The molecule has 0 aliphatic heterocycles. The van der Waals surface area contributed by atoms with Crippen molar-refractivity contribution in [2.24, 2.45) is 17.2 Å². The Morgan fingerprint density at radius 2 is 1.00 bits per heavy atom. The number of nitrogens with two attached hydrogens (primary N) is 3. The number of hydrogen-bond acceptors (Lipinski definition) is 3. The molecule has 0 saturated heterocycles. The molecular formula is CH10GeN3. The normalized spacial score (nSPS) is 7.20. The fraction of sp³-hybridized carbons (Fsp3) is 0. The molecule has 1 radical (unpaired) electrons. The molecule has 0 aliphatic carbocycles. The Balaban J connectivity index is 0. The van der Waals surface area contributed by atoms with Gasteiger partial charge in [0.15, 0.2) is 6.29 Å². The van der Waals surface area contributed by atoms with Crippen LogP contribution >= 0.6 is 0 Å². The number of hydrogen-bond donors (Lipinski definition) is 3. The van der Waals surface area contributed by atoms with Gasteiger partial charge in [-0.1, -0.05) is 0 Å². The molecule has 33 valence electrons. The van der Waals surface area contributed by atoms with Crippen molar-refractivity contribution in [2.75, 3.05) is 0 Å². The van der Waals surface area contributed by atoms with Crippen LogP contribution in [0, 0.1) is 6.29 Å². The summed E-state index contributed by atoms with van der Waals surface area (Å²) in [5, 5.41) is 0. The third kappa shape index (κ3) is 145. The Hall–Kier alpha value is 0.423. The Kier molecular flexibility index (Phi) is 8.01. The van der Waals surface area contributed by atoms with Crippen molar-refractivity contribution in [2.45, 2.75) is 0 Å². The van der Waals surface area contributed by atoms with E-state index in [4.69, 9.17) is 0 Å². The van der Waals surface area contributed by atoms with Gasteiger partial charge < -0.3 is 0 Å². The molecule has 0 unspecified atom stereocenters. The van der Waals surface area contributed by atoms with Crippen LogP contribution in [-0.4, -0.2) is 17.6 Å². The first-order valence-corrected chi connectivity index (χ1v) is 0.866. The standard InChI is InChI=1S/CH6N3.GeH4/c2-1(3)4;/h2-4H2;1H4. The summed E-state index contributed by atoms with van der Waals surface area (Å²) in [6.45, 7) is 0. The van der Waals surface area contributed by atoms with E-state index in [-0.39, 0.29) is 23.9 Å². The molecule has 0 atom stereocenters. The Morgan fingerprint density at radius 1 is 1.00 bits per heavy atom. The van der Waals surface area contributed by atoms with E-state index in [1.807, 2.05) is 0 Å². The van der Waals surface area contributed by atoms with Gasteiger partial charge in [-0.15, -0.1) is 0 Å². The van der Waals surface area contributed by atoms with Crippen LogP contribution in [0.25, 0.3) is 0 Å². The summed E-state index contributed by atoms with van der Waals surface area (Å²) in [6, 6.07) is 0. The van der Waals surface area contributed by atoms with Crippen molar-refractivity contribution in [3.05, 3.63) is 6.29 Å². The van der Waals surface area contributed by atoms with Gasteiger partial charge in [-0.25, -0.2) is 0 Å². The van der Waals surface area contributed by atoms with Crippen LogP contribution in [0.5, 0.6) is 0 Å². The molecule has 0 aromatic carbocycles. The third-order valence-electron chi connectivity index (χ3n) is 0. The average molecular weight is 137 g/mol. The third-order valence-corrected chi connectivity index (χ3v) is 0. The maximum atomic E-state index is 4.58. The molecule has 4 heteroatoms. The predicted octanol–water partition coefficient (Wildman–Crippen LogP) is -3.14. The van der Waals surface area contributed by atoms with Crippen LogP contribution in [0.4, 0.5) is 0 Å². The van der Waals surface area contributed by atoms with E-state index in [0.29, 0.717) is 0 Å². The Bertz CT molecular complexity index is 11.6. The first-order chi connectivity index (χ1) is 1.73. The van der Waals surface area contributed by atoms with E-state index in [1.54, 1.807) is 0 Å². The Morgan fingerprint density at radius 3 is 1.00 bits per heavy atom. The summed E-state index contributed by atoms with van der Waals surface area (Å²) in [5.74, 6) is 0. The van der Waals surface area contributed by atoms with Gasteiger partial charge in [0.1, 0.15) is 0 Å². The molecular weight excluding hydrogens is 127 g/mol. The zero-order valence-corrected chi connectivity index (χ0v) is 2.23. The molecule has 0 heterocycles. The van der Waals surface area contributed by atoms with E-state index in [1.165, 1.54) is 0 Å². The molecule has 0 aliphatic rings. The van der Waals surface area contributed by atoms with E-state index >= 15 is 0 Å². The first-order valence-electron chi connectivity index (χ1n) is 0.866. The van der Waals surface area contributed by atoms with Gasteiger partial charge >= 0.3 is 17.6 Å². The van der Waals surface area contributed by atoms with Crippen LogP contribution in [0.3, 0.4) is 0 Å². The van der Waals surface area contributed by atoms with Gasteiger partial charge in [0.05, 0.1) is 0 Å². The fourth-order valence-electron chi connectivity index (χ4n) is 0. The maximum absolute atomic E-state index is 4.58. The van der Waals surface area contributed by atoms with Crippen molar-refractivity contribution in [3.8, 4) is 0 Å². The summed E-state index contributed by atoms with van der Waals surface area (Å²) in [4.78, 5) is 0. The van der Waals surface area contributed by atoms with Crippen molar-refractivity contribution in [3.63, 3.8) is 0 Å². The molecule has 0 aromatic rings. The van der Waals surface area contributed by atoms with Gasteiger partial charge in [-0.3, -0.25) is 17.2 Å². The summed E-state index contributed by atoms with van der Waals surface area (Å²) in [5.41, 5.74) is 13.8. The van der Waals surface area contributed by atoms with Gasteiger partial charge in [0.2, 0.25) is 0 Å². The van der Waals surface area contributed by atoms with Gasteiger partial charge in [0.25, 0.3) is 0 Å². The van der Waals surface area contributed by atoms with E-state index < -0.39 is 0 Å². The second-order valence-corrected chi connectivity index (χ2v) is 0.500. The average Bonchev–Trinajstić information content (AvgIpc) is 0.811. The van der Waals surface area contributed by atoms with Crippen molar-refractivity contribution in [1.29, 1.82) is 0 Å². The zero-order chi connectivity index (χ0) is 3.58. The minimum atomic E-state index is -0.0833. The van der Waals surface area contributed by atoms with E-state index in [9.17, 15) is 0 Å².